The molecular weight excluding hydrogens is 366 g/mol. The fraction of sp³-hybridized carbons (Fsp3) is 0.350. The third-order valence-corrected chi connectivity index (χ3v) is 4.14. The van der Waals surface area contributed by atoms with Crippen LogP contribution in [0.2, 0.25) is 0 Å². The van der Waals surface area contributed by atoms with Crippen molar-refractivity contribution in [3.63, 3.8) is 0 Å². The second-order valence-corrected chi connectivity index (χ2v) is 5.91. The molecule has 0 unspecified atom stereocenters. The van der Waals surface area contributed by atoms with Gasteiger partial charge in [-0.15, -0.1) is 0 Å². The molecule has 2 rings (SSSR count). The highest BCUT2D eigenvalue weighted by molar-refractivity contribution is 6.03. The SMILES string of the molecule is CCOc1cc(C(=O)OCC(=O)c2[nH]c(C)c(C(=O)OC)c2C)ccc1OC. The number of ketones is 1. The van der Waals surface area contributed by atoms with E-state index in [0.717, 1.165) is 0 Å². The van der Waals surface area contributed by atoms with Crippen LogP contribution < -0.4 is 9.47 Å². The van der Waals surface area contributed by atoms with Gasteiger partial charge in [0.2, 0.25) is 5.78 Å². The van der Waals surface area contributed by atoms with Crippen LogP contribution in [-0.2, 0) is 9.47 Å². The first-order chi connectivity index (χ1) is 13.3. The fourth-order valence-electron chi connectivity index (χ4n) is 2.80. The standard InChI is InChI=1S/C20H23NO7/c1-6-27-16-9-13(7-8-15(16)25-4)19(23)28-10-14(22)18-11(2)17(12(3)21-18)20(24)26-5/h7-9,21H,6,10H2,1-5H3. The summed E-state index contributed by atoms with van der Waals surface area (Å²) < 4.78 is 20.4. The van der Waals surface area contributed by atoms with E-state index in [1.807, 2.05) is 6.92 Å². The molecule has 0 radical (unpaired) electrons. The number of aromatic nitrogens is 1. The molecular formula is C20H23NO7. The van der Waals surface area contributed by atoms with Gasteiger partial charge in [-0.2, -0.15) is 0 Å². The molecule has 0 saturated carbocycles. The van der Waals surface area contributed by atoms with Crippen molar-refractivity contribution in [1.82, 2.24) is 4.98 Å². The van der Waals surface area contributed by atoms with Crippen LogP contribution in [0.15, 0.2) is 18.2 Å². The van der Waals surface area contributed by atoms with Gasteiger partial charge in [-0.25, -0.2) is 9.59 Å². The van der Waals surface area contributed by atoms with Crippen molar-refractivity contribution >= 4 is 17.7 Å². The topological polar surface area (TPSA) is 104 Å². The summed E-state index contributed by atoms with van der Waals surface area (Å²) in [6.07, 6.45) is 0. The van der Waals surface area contributed by atoms with Gasteiger partial charge in [0.1, 0.15) is 0 Å². The van der Waals surface area contributed by atoms with Gasteiger partial charge in [0.15, 0.2) is 18.1 Å². The Hall–Kier alpha value is -3.29. The molecule has 0 aliphatic heterocycles. The molecule has 1 N–H and O–H groups in total. The molecule has 0 spiro atoms. The first kappa shape index (κ1) is 21.0. The summed E-state index contributed by atoms with van der Waals surface area (Å²) in [5, 5.41) is 0. The number of esters is 2. The van der Waals surface area contributed by atoms with Crippen molar-refractivity contribution in [2.75, 3.05) is 27.4 Å². The number of nitrogens with one attached hydrogen (secondary N) is 1. The van der Waals surface area contributed by atoms with Crippen molar-refractivity contribution in [3.8, 4) is 11.5 Å². The van der Waals surface area contributed by atoms with E-state index in [1.54, 1.807) is 19.9 Å². The van der Waals surface area contributed by atoms with Crippen molar-refractivity contribution in [2.45, 2.75) is 20.8 Å². The number of methoxy groups -OCH3 is 2. The number of aryl methyl sites for hydroxylation is 1. The Morgan fingerprint density at radius 3 is 2.36 bits per heavy atom. The molecule has 0 aliphatic rings. The first-order valence-electron chi connectivity index (χ1n) is 8.62. The Morgan fingerprint density at radius 1 is 1.04 bits per heavy atom. The Labute approximate surface area is 162 Å². The smallest absolute Gasteiger partial charge is 0.339 e. The van der Waals surface area contributed by atoms with Crippen LogP contribution in [0.1, 0.15) is 49.4 Å². The average Bonchev–Trinajstić information content (AvgIpc) is 2.99. The van der Waals surface area contributed by atoms with E-state index >= 15 is 0 Å². The van der Waals surface area contributed by atoms with E-state index in [1.165, 1.54) is 26.4 Å². The molecule has 0 bridgehead atoms. The maximum absolute atomic E-state index is 12.4. The predicted octanol–water partition coefficient (Wildman–Crippen LogP) is 2.87. The van der Waals surface area contributed by atoms with E-state index in [2.05, 4.69) is 4.98 Å². The average molecular weight is 389 g/mol. The highest BCUT2D eigenvalue weighted by atomic mass is 16.5. The minimum Gasteiger partial charge on any atom is -0.493 e. The van der Waals surface area contributed by atoms with Gasteiger partial charge < -0.3 is 23.9 Å². The maximum atomic E-state index is 12.4. The lowest BCUT2D eigenvalue weighted by atomic mass is 10.1. The quantitative estimate of drug-likeness (QED) is 0.547. The van der Waals surface area contributed by atoms with Crippen LogP contribution in [0.25, 0.3) is 0 Å². The lowest BCUT2D eigenvalue weighted by molar-refractivity contribution is 0.0472. The second-order valence-electron chi connectivity index (χ2n) is 5.91. The van der Waals surface area contributed by atoms with Crippen LogP contribution >= 0.6 is 0 Å². The molecule has 8 nitrogen and oxygen atoms in total. The number of H-pyrrole nitrogens is 1. The van der Waals surface area contributed by atoms with Crippen LogP contribution in [-0.4, -0.2) is 50.1 Å². The molecule has 150 valence electrons. The summed E-state index contributed by atoms with van der Waals surface area (Å²) in [6.45, 7) is 5.03. The van der Waals surface area contributed by atoms with Crippen LogP contribution in [0.5, 0.6) is 11.5 Å². The summed E-state index contributed by atoms with van der Waals surface area (Å²) in [5.41, 5.74) is 1.69. The Bertz CT molecular complexity index is 898. The minimum atomic E-state index is -0.675. The van der Waals surface area contributed by atoms with E-state index in [0.29, 0.717) is 34.9 Å². The number of ether oxygens (including phenoxy) is 4. The maximum Gasteiger partial charge on any atom is 0.339 e. The number of carbonyl (C=O) groups excluding carboxylic acids is 3. The Morgan fingerprint density at radius 2 is 1.75 bits per heavy atom. The number of hydrogen-bond donors (Lipinski definition) is 1. The van der Waals surface area contributed by atoms with E-state index < -0.39 is 24.3 Å². The van der Waals surface area contributed by atoms with Gasteiger partial charge in [0.05, 0.1) is 37.6 Å². The van der Waals surface area contributed by atoms with Gasteiger partial charge in [-0.1, -0.05) is 0 Å². The molecule has 1 aromatic heterocycles. The van der Waals surface area contributed by atoms with E-state index in [-0.39, 0.29) is 11.3 Å². The molecule has 2 aromatic rings. The zero-order valence-corrected chi connectivity index (χ0v) is 16.5. The lowest BCUT2D eigenvalue weighted by Gasteiger charge is -2.11. The van der Waals surface area contributed by atoms with E-state index in [9.17, 15) is 14.4 Å². The number of carbonyl (C=O) groups is 3. The second kappa shape index (κ2) is 9.07. The van der Waals surface area contributed by atoms with Crippen molar-refractivity contribution in [2.24, 2.45) is 0 Å². The molecule has 1 heterocycles. The minimum absolute atomic E-state index is 0.204. The predicted molar refractivity (Wildman–Crippen MR) is 100 cm³/mol. The zero-order valence-electron chi connectivity index (χ0n) is 16.5. The molecule has 1 aromatic carbocycles. The zero-order chi connectivity index (χ0) is 20.8. The molecule has 0 saturated heterocycles. The molecule has 8 heteroatoms. The number of hydrogen-bond acceptors (Lipinski definition) is 7. The lowest BCUT2D eigenvalue weighted by Crippen LogP contribution is -2.16. The van der Waals surface area contributed by atoms with Crippen molar-refractivity contribution in [1.29, 1.82) is 0 Å². The first-order valence-corrected chi connectivity index (χ1v) is 8.62. The summed E-state index contributed by atoms with van der Waals surface area (Å²) >= 11 is 0. The normalized spacial score (nSPS) is 10.3. The largest absolute Gasteiger partial charge is 0.493 e. The number of Topliss-reactive ketones (excluding diaryl/α,β-unsaturated/α-hetero) is 1. The number of benzene rings is 1. The van der Waals surface area contributed by atoms with Gasteiger partial charge in [0, 0.05) is 5.69 Å². The van der Waals surface area contributed by atoms with Gasteiger partial charge in [-0.05, 0) is 44.5 Å². The molecule has 28 heavy (non-hydrogen) atoms. The summed E-state index contributed by atoms with van der Waals surface area (Å²) in [4.78, 5) is 39.4. The highest BCUT2D eigenvalue weighted by Gasteiger charge is 2.23. The van der Waals surface area contributed by atoms with Crippen LogP contribution in [0.4, 0.5) is 0 Å². The van der Waals surface area contributed by atoms with Gasteiger partial charge >= 0.3 is 11.9 Å². The number of aromatic amines is 1. The summed E-state index contributed by atoms with van der Waals surface area (Å²) in [5.74, 6) is -0.774. The molecule has 0 fully saturated rings. The molecule has 0 aliphatic carbocycles. The molecule has 0 amide bonds. The van der Waals surface area contributed by atoms with Crippen molar-refractivity contribution < 1.29 is 33.3 Å². The van der Waals surface area contributed by atoms with Crippen molar-refractivity contribution in [3.05, 3.63) is 46.3 Å². The van der Waals surface area contributed by atoms with Crippen LogP contribution in [0.3, 0.4) is 0 Å². The molecule has 0 atom stereocenters. The van der Waals surface area contributed by atoms with Crippen LogP contribution in [0, 0.1) is 13.8 Å². The highest BCUT2D eigenvalue weighted by Crippen LogP contribution is 2.28. The third-order valence-electron chi connectivity index (χ3n) is 4.14. The Balaban J connectivity index is 2.12. The van der Waals surface area contributed by atoms with Gasteiger partial charge in [-0.3, -0.25) is 4.79 Å². The van der Waals surface area contributed by atoms with E-state index in [4.69, 9.17) is 18.9 Å². The summed E-state index contributed by atoms with van der Waals surface area (Å²) in [7, 11) is 2.76. The Kier molecular flexibility index (Phi) is 6.81. The third kappa shape index (κ3) is 4.33. The number of rotatable bonds is 8. The van der Waals surface area contributed by atoms with Gasteiger partial charge in [0.25, 0.3) is 0 Å². The monoisotopic (exact) mass is 389 g/mol. The summed E-state index contributed by atoms with van der Waals surface area (Å²) in [6, 6.07) is 4.60. The fourth-order valence-corrected chi connectivity index (χ4v) is 2.80.